The molecule has 9 atom stereocenters. The van der Waals surface area contributed by atoms with E-state index in [4.69, 9.17) is 0 Å². The van der Waals surface area contributed by atoms with Gasteiger partial charge >= 0.3 is 0 Å². The maximum absolute atomic E-state index is 14.7. The lowest BCUT2D eigenvalue weighted by Crippen LogP contribution is -2.67. The number of aliphatic hydroxyl groups excluding tert-OH is 3. The fourth-order valence-corrected chi connectivity index (χ4v) is 15.2. The van der Waals surface area contributed by atoms with Crippen molar-refractivity contribution in [3.05, 3.63) is 59.7 Å². The summed E-state index contributed by atoms with van der Waals surface area (Å²) in [5.74, 6) is 2.95. The fourth-order valence-electron chi connectivity index (χ4n) is 15.2. The van der Waals surface area contributed by atoms with Crippen molar-refractivity contribution < 1.29 is 25.2 Å². The highest BCUT2D eigenvalue weighted by Gasteiger charge is 2.74. The van der Waals surface area contributed by atoms with Gasteiger partial charge in [0.15, 0.2) is 5.78 Å². The molecule has 6 heteroatoms. The molecule has 10 aliphatic rings. The number of aliphatic hydroxyl groups is 4. The summed E-state index contributed by atoms with van der Waals surface area (Å²) in [7, 11) is 0. The number of fused-ring (bicyclic) bond motifs is 1. The third-order valence-electron chi connectivity index (χ3n) is 16.9. The summed E-state index contributed by atoms with van der Waals surface area (Å²) >= 11 is 0. The van der Waals surface area contributed by atoms with Gasteiger partial charge in [0.1, 0.15) is 0 Å². The van der Waals surface area contributed by atoms with Crippen molar-refractivity contribution in [3.63, 3.8) is 0 Å². The van der Waals surface area contributed by atoms with Crippen LogP contribution in [0.25, 0.3) is 0 Å². The van der Waals surface area contributed by atoms with Crippen molar-refractivity contribution in [1.29, 1.82) is 0 Å². The van der Waals surface area contributed by atoms with Gasteiger partial charge in [-0.2, -0.15) is 0 Å². The molecule has 0 radical (unpaired) electrons. The van der Waals surface area contributed by atoms with Crippen LogP contribution in [0.4, 0.5) is 0 Å². The van der Waals surface area contributed by atoms with E-state index in [1.807, 2.05) is 30.3 Å². The smallest absolute Gasteiger partial charge is 0.189 e. The summed E-state index contributed by atoms with van der Waals surface area (Å²) in [6.45, 7) is 6.27. The number of benzene rings is 1. The Morgan fingerprint density at radius 3 is 2.16 bits per heavy atom. The molecule has 6 nitrogen and oxygen atoms in total. The monoisotopic (exact) mass is 669 g/mol. The molecule has 1 aromatic rings. The topological polar surface area (TPSA) is 101 Å². The first-order valence-electron chi connectivity index (χ1n) is 19.8. The lowest BCUT2D eigenvalue weighted by molar-refractivity contribution is -0.179. The van der Waals surface area contributed by atoms with Crippen LogP contribution in [0, 0.1) is 56.7 Å². The van der Waals surface area contributed by atoms with E-state index in [0.717, 1.165) is 67.5 Å². The molecule has 1 aromatic carbocycles. The van der Waals surface area contributed by atoms with Gasteiger partial charge in [0.2, 0.25) is 0 Å². The van der Waals surface area contributed by atoms with Gasteiger partial charge < -0.3 is 20.4 Å². The third-order valence-corrected chi connectivity index (χ3v) is 16.9. The molecule has 4 N–H and O–H groups in total. The minimum absolute atomic E-state index is 0.0563. The van der Waals surface area contributed by atoms with E-state index in [0.29, 0.717) is 25.9 Å². The minimum Gasteiger partial charge on any atom is -0.394 e. The molecule has 0 amide bonds. The Hall–Kier alpha value is -1.83. The molecule has 49 heavy (non-hydrogen) atoms. The Bertz CT molecular complexity index is 1520. The van der Waals surface area contributed by atoms with Crippen LogP contribution < -0.4 is 0 Å². The Morgan fingerprint density at radius 2 is 1.49 bits per heavy atom. The molecule has 9 unspecified atom stereocenters. The average molecular weight is 670 g/mol. The maximum atomic E-state index is 14.7. The van der Waals surface area contributed by atoms with Crippen molar-refractivity contribution >= 4 is 5.78 Å². The predicted octanol–water partition coefficient (Wildman–Crippen LogP) is 6.33. The van der Waals surface area contributed by atoms with E-state index >= 15 is 0 Å². The zero-order valence-corrected chi connectivity index (χ0v) is 29.8. The number of nitrogens with zero attached hydrogens (tertiary/aromatic N) is 1. The second-order valence-electron chi connectivity index (χ2n) is 19.4. The van der Waals surface area contributed by atoms with Crippen LogP contribution >= 0.6 is 0 Å². The van der Waals surface area contributed by atoms with E-state index < -0.39 is 22.5 Å². The van der Waals surface area contributed by atoms with Crippen molar-refractivity contribution in [2.75, 3.05) is 26.2 Å². The normalized spacial score (nSPS) is 49.4. The van der Waals surface area contributed by atoms with Crippen molar-refractivity contribution in [1.82, 2.24) is 4.90 Å². The number of carbonyl (C=O) groups is 1. The molecule has 266 valence electrons. The summed E-state index contributed by atoms with van der Waals surface area (Å²) in [5, 5.41) is 45.0. The van der Waals surface area contributed by atoms with Gasteiger partial charge in [-0.1, -0.05) is 62.4 Å². The van der Waals surface area contributed by atoms with Crippen LogP contribution in [0.15, 0.2) is 54.1 Å². The minimum atomic E-state index is -0.973. The first kappa shape index (κ1) is 33.0. The van der Waals surface area contributed by atoms with Crippen LogP contribution in [0.3, 0.4) is 0 Å². The second-order valence-corrected chi connectivity index (χ2v) is 19.4. The summed E-state index contributed by atoms with van der Waals surface area (Å²) in [6, 6.07) is 9.74. The first-order valence-corrected chi connectivity index (χ1v) is 19.8. The second kappa shape index (κ2) is 11.1. The Kier molecular flexibility index (Phi) is 7.48. The lowest BCUT2D eigenvalue weighted by Gasteiger charge is -2.71. The number of carbonyl (C=O) groups excluding carboxylic acids is 1. The first-order chi connectivity index (χ1) is 23.4. The van der Waals surface area contributed by atoms with Gasteiger partial charge in [0, 0.05) is 47.0 Å². The molecule has 0 aromatic heterocycles. The quantitative estimate of drug-likeness (QED) is 0.181. The number of hydrogen-bond acceptors (Lipinski definition) is 6. The van der Waals surface area contributed by atoms with Crippen molar-refractivity contribution in [2.45, 2.75) is 115 Å². The molecule has 7 fully saturated rings. The van der Waals surface area contributed by atoms with E-state index in [9.17, 15) is 25.2 Å². The summed E-state index contributed by atoms with van der Waals surface area (Å²) < 4.78 is 0. The van der Waals surface area contributed by atoms with E-state index in [1.54, 1.807) is 0 Å². The van der Waals surface area contributed by atoms with Crippen LogP contribution in [-0.2, 0) is 0 Å². The Morgan fingerprint density at radius 1 is 0.857 bits per heavy atom. The van der Waals surface area contributed by atoms with Crippen LogP contribution in [0.2, 0.25) is 0 Å². The molecule has 0 aliphatic heterocycles. The summed E-state index contributed by atoms with van der Waals surface area (Å²) in [4.78, 5) is 17.1. The highest BCUT2D eigenvalue weighted by atomic mass is 16.3. The van der Waals surface area contributed by atoms with E-state index in [-0.39, 0.29) is 46.6 Å². The van der Waals surface area contributed by atoms with Crippen molar-refractivity contribution in [3.8, 4) is 0 Å². The number of rotatable bonds is 9. The number of ketones is 1. The van der Waals surface area contributed by atoms with Crippen LogP contribution in [0.5, 0.6) is 0 Å². The van der Waals surface area contributed by atoms with Crippen LogP contribution in [-0.4, -0.2) is 75.2 Å². The van der Waals surface area contributed by atoms with E-state index in [2.05, 4.69) is 37.0 Å². The Labute approximate surface area is 293 Å². The average Bonchev–Trinajstić information content (AvgIpc) is 3.33. The molecule has 0 heterocycles. The van der Waals surface area contributed by atoms with Crippen molar-refractivity contribution in [2.24, 2.45) is 56.7 Å². The standard InChI is InChI=1S/C43H59NO5/c1-38-11-8-32(46)22-41(38)14-15-43(34(23-41)37(48)31-6-4-3-5-7-31)35(38)9-12-39(2)36(43)10-13-42(39,49)27-44(24-33(47)25-45)26-40-19-28-16-29(20-40)18-30(17-28)21-40/h3-7,14-15,23,28-30,32-33,35-36,45-47,49H,8-13,16-22,24-27H2,1-2H3. The van der Waals surface area contributed by atoms with Gasteiger partial charge in [0.25, 0.3) is 0 Å². The maximum Gasteiger partial charge on any atom is 0.189 e. The molecular formula is C43H59NO5. The number of hydrogen-bond donors (Lipinski definition) is 4. The molecule has 2 spiro atoms. The number of allylic oxidation sites excluding steroid dienone is 4. The van der Waals surface area contributed by atoms with Gasteiger partial charge in [-0.3, -0.25) is 9.69 Å². The molecule has 7 saturated carbocycles. The fraction of sp³-hybridized carbons (Fsp3) is 0.744. The largest absolute Gasteiger partial charge is 0.394 e. The van der Waals surface area contributed by atoms with Gasteiger partial charge in [-0.15, -0.1) is 0 Å². The van der Waals surface area contributed by atoms with Gasteiger partial charge in [0.05, 0.1) is 24.4 Å². The highest BCUT2D eigenvalue weighted by molar-refractivity contribution is 6.10. The molecule has 0 saturated heterocycles. The summed E-state index contributed by atoms with van der Waals surface area (Å²) in [6.07, 6.45) is 19.6. The van der Waals surface area contributed by atoms with Gasteiger partial charge in [-0.05, 0) is 124 Å². The number of Topliss-reactive ketones (excluding diaryl/α,β-unsaturated/α-hetero) is 1. The third kappa shape index (κ3) is 4.58. The summed E-state index contributed by atoms with van der Waals surface area (Å²) in [5.41, 5.74) is -0.384. The van der Waals surface area contributed by atoms with Crippen LogP contribution in [0.1, 0.15) is 108 Å². The lowest BCUT2D eigenvalue weighted by atomic mass is 9.32. The molecule has 11 rings (SSSR count). The Balaban J connectivity index is 1.09. The van der Waals surface area contributed by atoms with E-state index in [1.165, 1.54) is 38.5 Å². The van der Waals surface area contributed by atoms with Gasteiger partial charge in [-0.25, -0.2) is 0 Å². The molecular weight excluding hydrogens is 610 g/mol. The zero-order valence-electron chi connectivity index (χ0n) is 29.8. The molecule has 10 aliphatic carbocycles. The highest BCUT2D eigenvalue weighted by Crippen LogP contribution is 2.78. The zero-order chi connectivity index (χ0) is 34.0. The SMILES string of the molecule is CC12CCC(O)CC13C=CC1(C(C(=O)c4ccccc4)=C3)C2CCC2(C)C1CCC2(O)CN(CC(O)CO)CC12CC3CC(CC(C3)C1)C2. The molecule has 6 bridgehead atoms. The predicted molar refractivity (Wildman–Crippen MR) is 189 cm³/mol.